The third-order valence-corrected chi connectivity index (χ3v) is 5.54. The summed E-state index contributed by atoms with van der Waals surface area (Å²) in [7, 11) is 1.55. The van der Waals surface area contributed by atoms with Crippen LogP contribution in [0.4, 0.5) is 0 Å². The summed E-state index contributed by atoms with van der Waals surface area (Å²) >= 11 is 6.04. The van der Waals surface area contributed by atoms with E-state index >= 15 is 0 Å². The minimum absolute atomic E-state index is 0.0495. The summed E-state index contributed by atoms with van der Waals surface area (Å²) in [5.41, 5.74) is 2.05. The molecule has 156 valence electrons. The molecule has 31 heavy (non-hydrogen) atoms. The van der Waals surface area contributed by atoms with Crippen molar-refractivity contribution in [1.82, 2.24) is 4.90 Å². The predicted molar refractivity (Wildman–Crippen MR) is 119 cm³/mol. The highest BCUT2D eigenvalue weighted by Crippen LogP contribution is 2.40. The number of aliphatic hydroxyl groups excluding tert-OH is 1. The fraction of sp³-hybridized carbons (Fsp3) is 0.120. The van der Waals surface area contributed by atoms with Gasteiger partial charge in [0.15, 0.2) is 0 Å². The minimum atomic E-state index is -0.737. The summed E-state index contributed by atoms with van der Waals surface area (Å²) in [5, 5.41) is 11.6. The van der Waals surface area contributed by atoms with Gasteiger partial charge < -0.3 is 14.7 Å². The molecule has 1 fully saturated rings. The number of Topliss-reactive ketones (excluding diaryl/α,β-unsaturated/α-hetero) is 1. The number of carbonyl (C=O) groups is 2. The lowest BCUT2D eigenvalue weighted by atomic mass is 9.95. The van der Waals surface area contributed by atoms with Crippen LogP contribution in [0, 0.1) is 0 Å². The van der Waals surface area contributed by atoms with Crippen LogP contribution < -0.4 is 4.74 Å². The van der Waals surface area contributed by atoms with Crippen molar-refractivity contribution < 1.29 is 19.4 Å². The molecule has 5 nitrogen and oxygen atoms in total. The molecule has 1 aliphatic rings. The van der Waals surface area contributed by atoms with Gasteiger partial charge in [0.2, 0.25) is 0 Å². The molecule has 0 bridgehead atoms. The molecule has 1 aliphatic heterocycles. The number of methoxy groups -OCH3 is 1. The van der Waals surface area contributed by atoms with Crippen LogP contribution in [0.25, 0.3) is 5.76 Å². The third kappa shape index (κ3) is 4.05. The van der Waals surface area contributed by atoms with E-state index in [1.165, 1.54) is 4.90 Å². The molecule has 1 amide bonds. The van der Waals surface area contributed by atoms with Gasteiger partial charge in [0.25, 0.3) is 11.7 Å². The zero-order chi connectivity index (χ0) is 22.0. The molecule has 1 atom stereocenters. The highest BCUT2D eigenvalue weighted by atomic mass is 35.5. The molecular weight excluding hydrogens is 414 g/mol. The Morgan fingerprint density at radius 1 is 0.968 bits per heavy atom. The SMILES string of the molecule is COc1ccc(/C(O)=C2\C(=O)C(=O)N(Cc3ccccc3)C2c2ccc(Cl)cc2)cc1. The Balaban J connectivity index is 1.84. The Labute approximate surface area is 185 Å². The van der Waals surface area contributed by atoms with Gasteiger partial charge in [-0.2, -0.15) is 0 Å². The number of likely N-dealkylation sites (tertiary alicyclic amines) is 1. The van der Waals surface area contributed by atoms with E-state index in [0.29, 0.717) is 21.9 Å². The van der Waals surface area contributed by atoms with Crippen molar-refractivity contribution in [3.8, 4) is 5.75 Å². The Bertz CT molecular complexity index is 1140. The lowest BCUT2D eigenvalue weighted by molar-refractivity contribution is -0.140. The van der Waals surface area contributed by atoms with Gasteiger partial charge in [-0.1, -0.05) is 54.1 Å². The van der Waals surface area contributed by atoms with Crippen LogP contribution in [0.1, 0.15) is 22.7 Å². The number of hydrogen-bond donors (Lipinski definition) is 1. The highest BCUT2D eigenvalue weighted by molar-refractivity contribution is 6.46. The summed E-state index contributed by atoms with van der Waals surface area (Å²) < 4.78 is 5.16. The number of halogens is 1. The van der Waals surface area contributed by atoms with Gasteiger partial charge in [0, 0.05) is 17.1 Å². The van der Waals surface area contributed by atoms with E-state index in [4.69, 9.17) is 16.3 Å². The Kier molecular flexibility index (Phi) is 5.78. The van der Waals surface area contributed by atoms with Crippen LogP contribution in [0.2, 0.25) is 5.02 Å². The third-order valence-electron chi connectivity index (χ3n) is 5.28. The monoisotopic (exact) mass is 433 g/mol. The van der Waals surface area contributed by atoms with Crippen LogP contribution in [0.3, 0.4) is 0 Å². The van der Waals surface area contributed by atoms with E-state index in [1.54, 1.807) is 55.6 Å². The number of ether oxygens (including phenoxy) is 1. The number of amides is 1. The first-order chi connectivity index (χ1) is 15.0. The van der Waals surface area contributed by atoms with Crippen molar-refractivity contribution in [2.75, 3.05) is 7.11 Å². The average Bonchev–Trinajstić information content (AvgIpc) is 3.05. The molecule has 4 rings (SSSR count). The topological polar surface area (TPSA) is 66.8 Å². The van der Waals surface area contributed by atoms with Gasteiger partial charge in [-0.3, -0.25) is 9.59 Å². The van der Waals surface area contributed by atoms with Gasteiger partial charge in [0.05, 0.1) is 18.7 Å². The second-order valence-electron chi connectivity index (χ2n) is 7.19. The quantitative estimate of drug-likeness (QED) is 0.350. The van der Waals surface area contributed by atoms with E-state index < -0.39 is 17.7 Å². The number of benzene rings is 3. The highest BCUT2D eigenvalue weighted by Gasteiger charge is 2.46. The summed E-state index contributed by atoms with van der Waals surface area (Å²) in [6.07, 6.45) is 0. The summed E-state index contributed by atoms with van der Waals surface area (Å²) in [4.78, 5) is 27.5. The van der Waals surface area contributed by atoms with Crippen molar-refractivity contribution in [1.29, 1.82) is 0 Å². The van der Waals surface area contributed by atoms with Crippen molar-refractivity contribution in [3.05, 3.63) is 106 Å². The number of carbonyl (C=O) groups excluding carboxylic acids is 2. The summed E-state index contributed by atoms with van der Waals surface area (Å²) in [6, 6.07) is 22.3. The van der Waals surface area contributed by atoms with Crippen molar-refractivity contribution in [2.45, 2.75) is 12.6 Å². The lowest BCUT2D eigenvalue weighted by Gasteiger charge is -2.25. The standard InChI is InChI=1S/C25H20ClNO4/c1-31-20-13-9-18(10-14-20)23(28)21-22(17-7-11-19(26)12-8-17)27(25(30)24(21)29)15-16-5-3-2-4-6-16/h2-14,22,28H,15H2,1H3/b23-21+. The number of aliphatic hydroxyl groups is 1. The van der Waals surface area contributed by atoms with E-state index in [1.807, 2.05) is 30.3 Å². The second kappa shape index (κ2) is 8.66. The fourth-order valence-corrected chi connectivity index (χ4v) is 3.85. The maximum absolute atomic E-state index is 13.0. The molecule has 1 heterocycles. The molecule has 0 radical (unpaired) electrons. The molecule has 1 unspecified atom stereocenters. The zero-order valence-electron chi connectivity index (χ0n) is 16.8. The molecule has 0 aromatic heterocycles. The molecule has 0 spiro atoms. The molecule has 3 aromatic carbocycles. The molecular formula is C25H20ClNO4. The molecule has 3 aromatic rings. The largest absolute Gasteiger partial charge is 0.507 e. The van der Waals surface area contributed by atoms with Crippen molar-refractivity contribution >= 4 is 29.1 Å². The second-order valence-corrected chi connectivity index (χ2v) is 7.63. The van der Waals surface area contributed by atoms with E-state index in [9.17, 15) is 14.7 Å². The molecule has 0 aliphatic carbocycles. The van der Waals surface area contributed by atoms with Crippen molar-refractivity contribution in [2.24, 2.45) is 0 Å². The molecule has 1 saturated heterocycles. The first-order valence-electron chi connectivity index (χ1n) is 9.72. The zero-order valence-corrected chi connectivity index (χ0v) is 17.5. The number of nitrogens with zero attached hydrogens (tertiary/aromatic N) is 1. The summed E-state index contributed by atoms with van der Waals surface area (Å²) in [6.45, 7) is 0.234. The maximum Gasteiger partial charge on any atom is 0.295 e. The van der Waals surface area contributed by atoms with E-state index in [-0.39, 0.29) is 17.9 Å². The smallest absolute Gasteiger partial charge is 0.295 e. The van der Waals surface area contributed by atoms with Crippen LogP contribution >= 0.6 is 11.6 Å². The van der Waals surface area contributed by atoms with Gasteiger partial charge in [-0.25, -0.2) is 0 Å². The minimum Gasteiger partial charge on any atom is -0.507 e. The van der Waals surface area contributed by atoms with Crippen LogP contribution in [0.15, 0.2) is 84.4 Å². The van der Waals surface area contributed by atoms with Crippen LogP contribution in [-0.2, 0) is 16.1 Å². The lowest BCUT2D eigenvalue weighted by Crippen LogP contribution is -2.29. The Hall–Kier alpha value is -3.57. The number of rotatable bonds is 5. The Morgan fingerprint density at radius 2 is 1.61 bits per heavy atom. The van der Waals surface area contributed by atoms with Crippen LogP contribution in [-0.4, -0.2) is 28.8 Å². The van der Waals surface area contributed by atoms with Gasteiger partial charge in [-0.15, -0.1) is 0 Å². The summed E-state index contributed by atoms with van der Waals surface area (Å²) in [5.74, 6) is -0.977. The molecule has 6 heteroatoms. The number of hydrogen-bond acceptors (Lipinski definition) is 4. The van der Waals surface area contributed by atoms with E-state index in [2.05, 4.69) is 0 Å². The predicted octanol–water partition coefficient (Wildman–Crippen LogP) is 4.97. The number of ketones is 1. The fourth-order valence-electron chi connectivity index (χ4n) is 3.72. The molecule has 0 saturated carbocycles. The van der Waals surface area contributed by atoms with Crippen LogP contribution in [0.5, 0.6) is 5.75 Å². The van der Waals surface area contributed by atoms with Gasteiger partial charge in [-0.05, 0) is 47.5 Å². The Morgan fingerprint density at radius 3 is 2.23 bits per heavy atom. The first-order valence-corrected chi connectivity index (χ1v) is 10.1. The maximum atomic E-state index is 13.0. The van der Waals surface area contributed by atoms with E-state index in [0.717, 1.165) is 5.56 Å². The normalized spacial score (nSPS) is 17.7. The first kappa shape index (κ1) is 20.7. The average molecular weight is 434 g/mol. The van der Waals surface area contributed by atoms with Gasteiger partial charge >= 0.3 is 0 Å². The molecule has 1 N–H and O–H groups in total. The van der Waals surface area contributed by atoms with Gasteiger partial charge in [0.1, 0.15) is 11.5 Å². The van der Waals surface area contributed by atoms with Crippen molar-refractivity contribution in [3.63, 3.8) is 0 Å².